The van der Waals surface area contributed by atoms with Crippen LogP contribution in [0.15, 0.2) is 42.1 Å². The summed E-state index contributed by atoms with van der Waals surface area (Å²) in [7, 11) is 0. The van der Waals surface area contributed by atoms with Crippen molar-refractivity contribution in [1.29, 1.82) is 0 Å². The fourth-order valence-corrected chi connectivity index (χ4v) is 1.96. The number of nitrogens with zero attached hydrogens (tertiary/aromatic N) is 5. The molecule has 0 radical (unpaired) electrons. The second-order valence-electron chi connectivity index (χ2n) is 3.37. The molecule has 0 aliphatic heterocycles. The molecule has 0 amide bonds. The Kier molecular flexibility index (Phi) is 2.49. The number of hydrogen-bond acceptors (Lipinski definition) is 5. The van der Waals surface area contributed by atoms with Crippen molar-refractivity contribution in [3.8, 4) is 11.5 Å². The number of hydrogen-bond donors (Lipinski definition) is 0. The first-order chi connectivity index (χ1) is 8.38. The van der Waals surface area contributed by atoms with Crippen LogP contribution in [-0.4, -0.2) is 30.6 Å². The third-order valence-corrected chi connectivity index (χ3v) is 3.03. The van der Waals surface area contributed by atoms with Crippen LogP contribution in [0.4, 0.5) is 0 Å². The second kappa shape index (κ2) is 4.14. The fourth-order valence-electron chi connectivity index (χ4n) is 1.59. The van der Waals surface area contributed by atoms with Crippen LogP contribution in [0.3, 0.4) is 0 Å². The molecule has 0 spiro atoms. The minimum atomic E-state index is 0.676. The van der Waals surface area contributed by atoms with Crippen LogP contribution >= 0.6 is 11.8 Å². The number of aromatic nitrogens is 5. The van der Waals surface area contributed by atoms with E-state index in [4.69, 9.17) is 0 Å². The van der Waals surface area contributed by atoms with Gasteiger partial charge in [0.1, 0.15) is 5.69 Å². The number of imidazole rings is 1. The summed E-state index contributed by atoms with van der Waals surface area (Å²) in [4.78, 5) is 17.0. The standard InChI is InChI=1S/C11H9N5S/c1-17-10-2-3-13-11(15-10)8-6-14-9-7-12-4-5-16(8)9/h2-7H,1H3. The van der Waals surface area contributed by atoms with Crippen LogP contribution in [0, 0.1) is 0 Å². The maximum atomic E-state index is 4.45. The highest BCUT2D eigenvalue weighted by Crippen LogP contribution is 2.18. The topological polar surface area (TPSA) is 56.0 Å². The van der Waals surface area contributed by atoms with Crippen LogP contribution < -0.4 is 0 Å². The summed E-state index contributed by atoms with van der Waals surface area (Å²) in [6, 6.07) is 1.89. The summed E-state index contributed by atoms with van der Waals surface area (Å²) in [5.74, 6) is 0.676. The molecular weight excluding hydrogens is 234 g/mol. The molecule has 3 aromatic heterocycles. The van der Waals surface area contributed by atoms with Gasteiger partial charge in [-0.15, -0.1) is 11.8 Å². The minimum Gasteiger partial charge on any atom is -0.294 e. The van der Waals surface area contributed by atoms with Crippen molar-refractivity contribution < 1.29 is 0 Å². The molecule has 0 saturated heterocycles. The normalized spacial score (nSPS) is 10.9. The smallest absolute Gasteiger partial charge is 0.179 e. The minimum absolute atomic E-state index is 0.676. The molecule has 6 heteroatoms. The third kappa shape index (κ3) is 1.76. The van der Waals surface area contributed by atoms with E-state index in [1.165, 1.54) is 0 Å². The van der Waals surface area contributed by atoms with Gasteiger partial charge in [0.15, 0.2) is 11.5 Å². The van der Waals surface area contributed by atoms with Gasteiger partial charge in [0.2, 0.25) is 0 Å². The summed E-state index contributed by atoms with van der Waals surface area (Å²) in [6.07, 6.45) is 10.8. The van der Waals surface area contributed by atoms with E-state index in [0.29, 0.717) is 5.82 Å². The molecular formula is C11H9N5S. The van der Waals surface area contributed by atoms with Crippen molar-refractivity contribution in [2.75, 3.05) is 6.26 Å². The van der Waals surface area contributed by atoms with Crippen molar-refractivity contribution in [3.63, 3.8) is 0 Å². The number of thioether (sulfide) groups is 1. The molecule has 0 N–H and O–H groups in total. The summed E-state index contributed by atoms with van der Waals surface area (Å²) < 4.78 is 1.92. The van der Waals surface area contributed by atoms with Crippen LogP contribution in [0.5, 0.6) is 0 Å². The first-order valence-electron chi connectivity index (χ1n) is 5.03. The lowest BCUT2D eigenvalue weighted by Gasteiger charge is -2.01. The largest absolute Gasteiger partial charge is 0.294 e. The molecule has 17 heavy (non-hydrogen) atoms. The highest BCUT2D eigenvalue weighted by atomic mass is 32.2. The molecule has 0 aliphatic rings. The highest BCUT2D eigenvalue weighted by molar-refractivity contribution is 7.98. The molecule has 0 aliphatic carbocycles. The Bertz CT molecular complexity index is 664. The molecule has 0 saturated carbocycles. The highest BCUT2D eigenvalue weighted by Gasteiger charge is 2.08. The van der Waals surface area contributed by atoms with E-state index < -0.39 is 0 Å². The molecule has 0 unspecified atom stereocenters. The molecule has 0 atom stereocenters. The molecule has 0 fully saturated rings. The second-order valence-corrected chi connectivity index (χ2v) is 4.20. The van der Waals surface area contributed by atoms with Crippen molar-refractivity contribution in [1.82, 2.24) is 24.3 Å². The monoisotopic (exact) mass is 243 g/mol. The van der Waals surface area contributed by atoms with Gasteiger partial charge in [0.25, 0.3) is 0 Å². The van der Waals surface area contributed by atoms with Crippen molar-refractivity contribution in [3.05, 3.63) is 37.1 Å². The quantitative estimate of drug-likeness (QED) is 0.508. The molecule has 0 aromatic carbocycles. The van der Waals surface area contributed by atoms with Gasteiger partial charge < -0.3 is 0 Å². The summed E-state index contributed by atoms with van der Waals surface area (Å²) in [5.41, 5.74) is 1.67. The van der Waals surface area contributed by atoms with E-state index in [1.807, 2.05) is 22.9 Å². The van der Waals surface area contributed by atoms with Gasteiger partial charge in [0.05, 0.1) is 17.4 Å². The third-order valence-electron chi connectivity index (χ3n) is 2.39. The molecule has 3 aromatic rings. The fraction of sp³-hybridized carbons (Fsp3) is 0.0909. The first kappa shape index (κ1) is 10.2. The van der Waals surface area contributed by atoms with Gasteiger partial charge in [-0.2, -0.15) is 0 Å². The Labute approximate surface area is 102 Å². The van der Waals surface area contributed by atoms with Crippen molar-refractivity contribution >= 4 is 17.4 Å². The lowest BCUT2D eigenvalue weighted by atomic mass is 10.4. The van der Waals surface area contributed by atoms with Crippen LogP contribution in [-0.2, 0) is 0 Å². The average Bonchev–Trinajstić information content (AvgIpc) is 2.82. The van der Waals surface area contributed by atoms with Gasteiger partial charge in [0, 0.05) is 18.6 Å². The average molecular weight is 243 g/mol. The summed E-state index contributed by atoms with van der Waals surface area (Å²) in [5, 5.41) is 0.944. The van der Waals surface area contributed by atoms with E-state index in [-0.39, 0.29) is 0 Å². The predicted molar refractivity (Wildman–Crippen MR) is 65.8 cm³/mol. The van der Waals surface area contributed by atoms with Gasteiger partial charge >= 0.3 is 0 Å². The van der Waals surface area contributed by atoms with Crippen molar-refractivity contribution in [2.45, 2.75) is 5.03 Å². The molecule has 0 bridgehead atoms. The van der Waals surface area contributed by atoms with Crippen LogP contribution in [0.1, 0.15) is 0 Å². The van der Waals surface area contributed by atoms with Gasteiger partial charge in [-0.1, -0.05) is 0 Å². The summed E-state index contributed by atoms with van der Waals surface area (Å²) >= 11 is 1.59. The van der Waals surface area contributed by atoms with E-state index in [0.717, 1.165) is 16.4 Å². The van der Waals surface area contributed by atoms with E-state index in [2.05, 4.69) is 19.9 Å². The van der Waals surface area contributed by atoms with E-state index in [1.54, 1.807) is 36.5 Å². The Morgan fingerprint density at radius 3 is 3.00 bits per heavy atom. The Hall–Kier alpha value is -1.95. The summed E-state index contributed by atoms with van der Waals surface area (Å²) in [6.45, 7) is 0. The Morgan fingerprint density at radius 1 is 1.18 bits per heavy atom. The van der Waals surface area contributed by atoms with Gasteiger partial charge in [-0.25, -0.2) is 15.0 Å². The lowest BCUT2D eigenvalue weighted by molar-refractivity contribution is 1.03. The zero-order chi connectivity index (χ0) is 11.7. The van der Waals surface area contributed by atoms with E-state index >= 15 is 0 Å². The Morgan fingerprint density at radius 2 is 2.12 bits per heavy atom. The molecule has 3 rings (SSSR count). The lowest BCUT2D eigenvalue weighted by Crippen LogP contribution is -1.94. The van der Waals surface area contributed by atoms with Crippen molar-refractivity contribution in [2.24, 2.45) is 0 Å². The van der Waals surface area contributed by atoms with Gasteiger partial charge in [-0.05, 0) is 12.3 Å². The molecule has 84 valence electrons. The zero-order valence-electron chi connectivity index (χ0n) is 9.11. The molecule has 5 nitrogen and oxygen atoms in total. The van der Waals surface area contributed by atoms with Gasteiger partial charge in [-0.3, -0.25) is 9.38 Å². The molecule has 3 heterocycles. The van der Waals surface area contributed by atoms with Crippen LogP contribution in [0.25, 0.3) is 17.2 Å². The SMILES string of the molecule is CSc1ccnc(-c2cnc3cnccn23)n1. The predicted octanol–water partition coefficient (Wildman–Crippen LogP) is 1.91. The number of rotatable bonds is 2. The maximum Gasteiger partial charge on any atom is 0.179 e. The Balaban J connectivity index is 2.20. The van der Waals surface area contributed by atoms with E-state index in [9.17, 15) is 0 Å². The zero-order valence-corrected chi connectivity index (χ0v) is 9.92. The first-order valence-corrected chi connectivity index (χ1v) is 6.25. The maximum absolute atomic E-state index is 4.45. The van der Waals surface area contributed by atoms with Crippen LogP contribution in [0.2, 0.25) is 0 Å². The number of fused-ring (bicyclic) bond motifs is 1.